The summed E-state index contributed by atoms with van der Waals surface area (Å²) in [7, 11) is 0. The first-order chi connectivity index (χ1) is 7.72. The Labute approximate surface area is 93.0 Å². The van der Waals surface area contributed by atoms with E-state index in [2.05, 4.69) is 5.32 Å². The molecule has 0 aromatic heterocycles. The second-order valence-electron chi connectivity index (χ2n) is 3.16. The number of carboxylic acid groups (broad SMARTS) is 1. The lowest BCUT2D eigenvalue weighted by atomic mass is 10.1. The summed E-state index contributed by atoms with van der Waals surface area (Å²) in [5, 5.41) is 10.6. The van der Waals surface area contributed by atoms with Crippen LogP contribution < -0.4 is 10.1 Å². The maximum atomic E-state index is 11.8. The molecule has 0 heterocycles. The predicted octanol–water partition coefficient (Wildman–Crippen LogP) is 1.84. The number of rotatable bonds is 6. The molecule has 0 saturated heterocycles. The van der Waals surface area contributed by atoms with Crippen molar-refractivity contribution in [2.45, 2.75) is 6.42 Å². The van der Waals surface area contributed by atoms with Gasteiger partial charge in [-0.2, -0.15) is 0 Å². The zero-order valence-electron chi connectivity index (χ0n) is 8.78. The van der Waals surface area contributed by atoms with Gasteiger partial charge >= 0.3 is 6.09 Å². The van der Waals surface area contributed by atoms with Gasteiger partial charge in [-0.3, -0.25) is 0 Å². The van der Waals surface area contributed by atoms with Crippen LogP contribution in [0.15, 0.2) is 24.3 Å². The number of hydrogen-bond acceptors (Lipinski definition) is 2. The fourth-order valence-electron chi connectivity index (χ4n) is 1.22. The Bertz CT molecular complexity index is 327. The Morgan fingerprint density at radius 3 is 2.62 bits per heavy atom. The molecule has 0 radical (unpaired) electrons. The summed E-state index contributed by atoms with van der Waals surface area (Å²) in [6.45, 7) is -0.0792. The van der Waals surface area contributed by atoms with Crippen molar-refractivity contribution in [3.05, 3.63) is 29.8 Å². The summed E-state index contributed by atoms with van der Waals surface area (Å²) >= 11 is 0. The molecule has 1 amide bonds. The Hall–Kier alpha value is -1.78. The highest BCUT2D eigenvalue weighted by Gasteiger charge is 1.97. The number of nitrogens with one attached hydrogen (secondary N) is 1. The molecule has 1 rings (SSSR count). The van der Waals surface area contributed by atoms with Gasteiger partial charge in [-0.15, -0.1) is 0 Å². The van der Waals surface area contributed by atoms with E-state index in [-0.39, 0.29) is 6.61 Å². The predicted molar refractivity (Wildman–Crippen MR) is 57.6 cm³/mol. The van der Waals surface area contributed by atoms with Crippen LogP contribution in [0.2, 0.25) is 0 Å². The molecule has 88 valence electrons. The summed E-state index contributed by atoms with van der Waals surface area (Å²) in [5.41, 5.74) is 1.00. The van der Waals surface area contributed by atoms with Gasteiger partial charge in [0.05, 0.1) is 0 Å². The van der Waals surface area contributed by atoms with Crippen molar-refractivity contribution >= 4 is 6.09 Å². The van der Waals surface area contributed by atoms with Crippen LogP contribution in [0.25, 0.3) is 0 Å². The lowest BCUT2D eigenvalue weighted by molar-refractivity contribution is 0.194. The highest BCUT2D eigenvalue weighted by Crippen LogP contribution is 2.12. The summed E-state index contributed by atoms with van der Waals surface area (Å²) < 4.78 is 16.9. The molecule has 4 nitrogen and oxygen atoms in total. The molecular weight excluding hydrogens is 213 g/mol. The van der Waals surface area contributed by atoms with E-state index in [9.17, 15) is 9.18 Å². The van der Waals surface area contributed by atoms with Crippen molar-refractivity contribution < 1.29 is 19.0 Å². The monoisotopic (exact) mass is 227 g/mol. The fraction of sp³-hybridized carbons (Fsp3) is 0.364. The molecule has 0 aliphatic rings. The van der Waals surface area contributed by atoms with Gasteiger partial charge in [0.25, 0.3) is 0 Å². The third kappa shape index (κ3) is 4.63. The largest absolute Gasteiger partial charge is 0.491 e. The molecule has 0 bridgehead atoms. The second-order valence-corrected chi connectivity index (χ2v) is 3.16. The van der Waals surface area contributed by atoms with Crippen molar-refractivity contribution in [3.8, 4) is 5.75 Å². The van der Waals surface area contributed by atoms with Crippen molar-refractivity contribution in [2.24, 2.45) is 0 Å². The average molecular weight is 227 g/mol. The molecule has 0 saturated carbocycles. The molecule has 16 heavy (non-hydrogen) atoms. The van der Waals surface area contributed by atoms with Crippen LogP contribution in [-0.2, 0) is 6.42 Å². The quantitative estimate of drug-likeness (QED) is 0.779. The van der Waals surface area contributed by atoms with Crippen LogP contribution in [0, 0.1) is 0 Å². The Morgan fingerprint density at radius 1 is 1.38 bits per heavy atom. The minimum Gasteiger partial charge on any atom is -0.491 e. The first-order valence-corrected chi connectivity index (χ1v) is 4.97. The van der Waals surface area contributed by atoms with E-state index in [1.807, 2.05) is 12.1 Å². The van der Waals surface area contributed by atoms with Crippen molar-refractivity contribution in [1.29, 1.82) is 0 Å². The fourth-order valence-corrected chi connectivity index (χ4v) is 1.22. The minimum absolute atomic E-state index is 0.0555. The summed E-state index contributed by atoms with van der Waals surface area (Å²) in [4.78, 5) is 10.2. The zero-order valence-corrected chi connectivity index (χ0v) is 8.78. The number of alkyl halides is 1. The normalized spacial score (nSPS) is 9.81. The first-order valence-electron chi connectivity index (χ1n) is 4.97. The van der Waals surface area contributed by atoms with E-state index < -0.39 is 12.8 Å². The van der Waals surface area contributed by atoms with Crippen molar-refractivity contribution in [2.75, 3.05) is 19.8 Å². The van der Waals surface area contributed by atoms with Gasteiger partial charge in [-0.25, -0.2) is 9.18 Å². The van der Waals surface area contributed by atoms with Gasteiger partial charge in [0.1, 0.15) is 19.0 Å². The Balaban J connectivity index is 2.36. The van der Waals surface area contributed by atoms with E-state index in [4.69, 9.17) is 9.84 Å². The van der Waals surface area contributed by atoms with Gasteiger partial charge in [0.2, 0.25) is 0 Å². The van der Waals surface area contributed by atoms with E-state index in [1.165, 1.54) is 0 Å². The standard InChI is InChI=1S/C11H14FNO3/c12-6-8-16-10-3-1-9(2-4-10)5-7-13-11(14)15/h1-4,13H,5-8H2,(H,14,15). The van der Waals surface area contributed by atoms with Crippen molar-refractivity contribution in [3.63, 3.8) is 0 Å². The number of benzene rings is 1. The maximum absolute atomic E-state index is 11.8. The third-order valence-corrected chi connectivity index (χ3v) is 1.96. The molecule has 0 fully saturated rings. The van der Waals surface area contributed by atoms with E-state index in [0.717, 1.165) is 5.56 Å². The van der Waals surface area contributed by atoms with Gasteiger partial charge in [0, 0.05) is 6.54 Å². The maximum Gasteiger partial charge on any atom is 0.404 e. The minimum atomic E-state index is -1.03. The second kappa shape index (κ2) is 6.66. The van der Waals surface area contributed by atoms with Crippen LogP contribution >= 0.6 is 0 Å². The molecule has 0 spiro atoms. The summed E-state index contributed by atoms with van der Waals surface area (Å²) in [6, 6.07) is 7.14. The molecule has 0 aliphatic heterocycles. The summed E-state index contributed by atoms with van der Waals surface area (Å²) in [6.07, 6.45) is -0.404. The lowest BCUT2D eigenvalue weighted by Crippen LogP contribution is -2.23. The van der Waals surface area contributed by atoms with Crippen LogP contribution in [0.1, 0.15) is 5.56 Å². The molecule has 0 aliphatic carbocycles. The topological polar surface area (TPSA) is 58.6 Å². The highest BCUT2D eigenvalue weighted by molar-refractivity contribution is 5.64. The lowest BCUT2D eigenvalue weighted by Gasteiger charge is -2.05. The number of hydrogen-bond donors (Lipinski definition) is 2. The molecule has 1 aromatic carbocycles. The molecule has 2 N–H and O–H groups in total. The number of carbonyl (C=O) groups is 1. The molecule has 1 aromatic rings. The summed E-state index contributed by atoms with van der Waals surface area (Å²) in [5.74, 6) is 0.618. The molecule has 0 unspecified atom stereocenters. The first kappa shape index (κ1) is 12.3. The Morgan fingerprint density at radius 2 is 2.06 bits per heavy atom. The van der Waals surface area contributed by atoms with Gasteiger partial charge in [0.15, 0.2) is 0 Å². The van der Waals surface area contributed by atoms with E-state index in [1.54, 1.807) is 12.1 Å². The smallest absolute Gasteiger partial charge is 0.404 e. The Kier molecular flexibility index (Phi) is 5.11. The van der Waals surface area contributed by atoms with Crippen LogP contribution in [0.4, 0.5) is 9.18 Å². The molecule has 0 atom stereocenters. The SMILES string of the molecule is O=C(O)NCCc1ccc(OCCF)cc1. The number of halogens is 1. The van der Waals surface area contributed by atoms with E-state index >= 15 is 0 Å². The highest BCUT2D eigenvalue weighted by atomic mass is 19.1. The number of ether oxygens (including phenoxy) is 1. The van der Waals surface area contributed by atoms with Gasteiger partial charge in [-0.1, -0.05) is 12.1 Å². The number of amides is 1. The van der Waals surface area contributed by atoms with Gasteiger partial charge < -0.3 is 15.2 Å². The molecule has 5 heteroatoms. The zero-order chi connectivity index (χ0) is 11.8. The average Bonchev–Trinajstić information content (AvgIpc) is 2.27. The van der Waals surface area contributed by atoms with E-state index in [0.29, 0.717) is 18.7 Å². The van der Waals surface area contributed by atoms with Gasteiger partial charge in [-0.05, 0) is 24.1 Å². The molecular formula is C11H14FNO3. The van der Waals surface area contributed by atoms with Crippen molar-refractivity contribution in [1.82, 2.24) is 5.32 Å². The third-order valence-electron chi connectivity index (χ3n) is 1.96. The van der Waals surface area contributed by atoms with Crippen LogP contribution in [0.3, 0.4) is 0 Å². The van der Waals surface area contributed by atoms with Crippen LogP contribution in [-0.4, -0.2) is 31.0 Å². The van der Waals surface area contributed by atoms with Crippen LogP contribution in [0.5, 0.6) is 5.75 Å².